The number of hydrogen-bond donors (Lipinski definition) is 0. The second kappa shape index (κ2) is 2.82. The van der Waals surface area contributed by atoms with Gasteiger partial charge in [-0.2, -0.15) is 5.26 Å². The minimum atomic E-state index is -0.935. The van der Waals surface area contributed by atoms with Crippen LogP contribution in [0.3, 0.4) is 0 Å². The topological polar surface area (TPSA) is 50.1 Å². The fraction of sp³-hybridized carbons (Fsp3) is 0.500. The summed E-state index contributed by atoms with van der Waals surface area (Å²) in [6.45, 7) is 0. The summed E-state index contributed by atoms with van der Waals surface area (Å²) in [4.78, 5) is 11.4. The van der Waals surface area contributed by atoms with Gasteiger partial charge in [-0.1, -0.05) is 31.9 Å². The molecule has 68 valence electrons. The van der Waals surface area contributed by atoms with E-state index in [0.29, 0.717) is 6.42 Å². The molecule has 0 amide bonds. The first-order valence-corrected chi connectivity index (χ1v) is 5.34. The summed E-state index contributed by atoms with van der Waals surface area (Å²) in [5.74, 6) is -0.696. The SMILES string of the molecule is N#C[C@H]1C[C@@H]2OC(=O)[C@@]1(Br)C=C2Br. The largest absolute Gasteiger partial charge is 0.456 e. The maximum Gasteiger partial charge on any atom is 0.328 e. The van der Waals surface area contributed by atoms with Crippen LogP contribution in [0.25, 0.3) is 0 Å². The van der Waals surface area contributed by atoms with Crippen LogP contribution in [0.5, 0.6) is 0 Å². The zero-order chi connectivity index (χ0) is 9.64. The number of rotatable bonds is 0. The average Bonchev–Trinajstić information content (AvgIpc) is 2.07. The van der Waals surface area contributed by atoms with Crippen LogP contribution < -0.4 is 0 Å². The van der Waals surface area contributed by atoms with Crippen LogP contribution in [0.1, 0.15) is 6.42 Å². The number of hydrogen-bond acceptors (Lipinski definition) is 3. The zero-order valence-electron chi connectivity index (χ0n) is 6.46. The molecule has 0 aromatic heterocycles. The molecule has 0 radical (unpaired) electrons. The van der Waals surface area contributed by atoms with Gasteiger partial charge in [0.15, 0.2) is 4.32 Å². The van der Waals surface area contributed by atoms with E-state index >= 15 is 0 Å². The van der Waals surface area contributed by atoms with E-state index in [4.69, 9.17) is 10.00 Å². The lowest BCUT2D eigenvalue weighted by atomic mass is 9.81. The van der Waals surface area contributed by atoms with Crippen LogP contribution in [0.15, 0.2) is 10.6 Å². The minimum absolute atomic E-state index is 0.267. The molecule has 13 heavy (non-hydrogen) atoms. The van der Waals surface area contributed by atoms with E-state index in [-0.39, 0.29) is 18.0 Å². The third kappa shape index (κ3) is 1.16. The number of fused-ring (bicyclic) bond motifs is 2. The smallest absolute Gasteiger partial charge is 0.328 e. The minimum Gasteiger partial charge on any atom is -0.456 e. The van der Waals surface area contributed by atoms with Gasteiger partial charge < -0.3 is 4.74 Å². The Morgan fingerprint density at radius 1 is 1.77 bits per heavy atom. The molecule has 0 saturated carbocycles. The van der Waals surface area contributed by atoms with Gasteiger partial charge in [0.1, 0.15) is 6.10 Å². The highest BCUT2D eigenvalue weighted by atomic mass is 79.9. The summed E-state index contributed by atoms with van der Waals surface area (Å²) >= 11 is 6.57. The van der Waals surface area contributed by atoms with Crippen LogP contribution in [-0.4, -0.2) is 16.4 Å². The van der Waals surface area contributed by atoms with Crippen molar-refractivity contribution in [2.75, 3.05) is 0 Å². The van der Waals surface area contributed by atoms with E-state index in [1.54, 1.807) is 6.08 Å². The first kappa shape index (κ1) is 9.22. The molecular weight excluding hydrogens is 302 g/mol. The monoisotopic (exact) mass is 305 g/mol. The predicted molar refractivity (Wildman–Crippen MR) is 52.3 cm³/mol. The number of nitriles is 1. The fourth-order valence-corrected chi connectivity index (χ4v) is 3.14. The highest BCUT2D eigenvalue weighted by Crippen LogP contribution is 2.47. The molecule has 0 aromatic rings. The highest BCUT2D eigenvalue weighted by molar-refractivity contribution is 9.12. The van der Waals surface area contributed by atoms with Gasteiger partial charge in [-0.05, 0) is 6.08 Å². The number of alkyl halides is 1. The molecule has 2 aliphatic heterocycles. The molecule has 3 aliphatic rings. The van der Waals surface area contributed by atoms with Gasteiger partial charge in [0.05, 0.1) is 12.0 Å². The molecule has 0 N–H and O–H groups in total. The van der Waals surface area contributed by atoms with Crippen LogP contribution in [0.2, 0.25) is 0 Å². The lowest BCUT2D eigenvalue weighted by Crippen LogP contribution is -2.51. The van der Waals surface area contributed by atoms with Crippen LogP contribution in [-0.2, 0) is 9.53 Å². The second-order valence-corrected chi connectivity index (χ2v) is 5.34. The van der Waals surface area contributed by atoms with Crippen molar-refractivity contribution in [3.63, 3.8) is 0 Å². The van der Waals surface area contributed by atoms with E-state index < -0.39 is 4.32 Å². The third-order valence-electron chi connectivity index (χ3n) is 2.33. The Balaban J connectivity index is 2.50. The molecule has 1 fully saturated rings. The van der Waals surface area contributed by atoms with Crippen molar-refractivity contribution in [3.05, 3.63) is 10.6 Å². The van der Waals surface area contributed by atoms with Crippen molar-refractivity contribution in [1.29, 1.82) is 5.26 Å². The summed E-state index contributed by atoms with van der Waals surface area (Å²) in [7, 11) is 0. The van der Waals surface area contributed by atoms with Crippen molar-refractivity contribution in [2.24, 2.45) is 5.92 Å². The maximum atomic E-state index is 11.4. The maximum absolute atomic E-state index is 11.4. The first-order chi connectivity index (χ1) is 6.08. The molecule has 3 nitrogen and oxygen atoms in total. The number of ether oxygens (including phenoxy) is 1. The van der Waals surface area contributed by atoms with E-state index in [2.05, 4.69) is 37.9 Å². The Morgan fingerprint density at radius 2 is 2.46 bits per heavy atom. The molecule has 0 unspecified atom stereocenters. The van der Waals surface area contributed by atoms with Gasteiger partial charge in [-0.3, -0.25) is 4.79 Å². The van der Waals surface area contributed by atoms with Gasteiger partial charge >= 0.3 is 5.97 Å². The Labute approximate surface area is 92.0 Å². The summed E-state index contributed by atoms with van der Waals surface area (Å²) < 4.78 is 4.99. The molecule has 0 aromatic carbocycles. The molecule has 3 rings (SSSR count). The lowest BCUT2D eigenvalue weighted by Gasteiger charge is -2.41. The Morgan fingerprint density at radius 3 is 3.08 bits per heavy atom. The van der Waals surface area contributed by atoms with Crippen LogP contribution in [0.4, 0.5) is 0 Å². The summed E-state index contributed by atoms with van der Waals surface area (Å²) in [6.07, 6.45) is 2.02. The van der Waals surface area contributed by atoms with Gasteiger partial charge in [0.25, 0.3) is 0 Å². The van der Waals surface area contributed by atoms with Crippen molar-refractivity contribution in [1.82, 2.24) is 0 Å². The average molecular weight is 307 g/mol. The fourth-order valence-electron chi connectivity index (χ4n) is 1.56. The number of nitrogens with zero attached hydrogens (tertiary/aromatic N) is 1. The van der Waals surface area contributed by atoms with Gasteiger partial charge in [-0.25, -0.2) is 0 Å². The number of halogens is 2. The molecule has 2 bridgehead atoms. The molecule has 3 atom stereocenters. The number of carbonyl (C=O) groups is 1. The predicted octanol–water partition coefficient (Wildman–Crippen LogP) is 1.87. The first-order valence-electron chi connectivity index (χ1n) is 3.76. The zero-order valence-corrected chi connectivity index (χ0v) is 9.63. The van der Waals surface area contributed by atoms with E-state index in [9.17, 15) is 4.79 Å². The van der Waals surface area contributed by atoms with Crippen molar-refractivity contribution in [2.45, 2.75) is 16.8 Å². The molecular formula is C8H5Br2NO2. The molecule has 1 aliphatic carbocycles. The normalized spacial score (nSPS) is 42.2. The van der Waals surface area contributed by atoms with Gasteiger partial charge in [0.2, 0.25) is 0 Å². The Kier molecular flexibility index (Phi) is 2.00. The van der Waals surface area contributed by atoms with Crippen LogP contribution in [0, 0.1) is 17.2 Å². The lowest BCUT2D eigenvalue weighted by molar-refractivity contribution is -0.156. The molecule has 5 heteroatoms. The Hall–Kier alpha value is -0.340. The molecule has 0 spiro atoms. The van der Waals surface area contributed by atoms with Crippen molar-refractivity contribution in [3.8, 4) is 6.07 Å². The summed E-state index contributed by atoms with van der Waals surface area (Å²) in [5, 5.41) is 8.85. The summed E-state index contributed by atoms with van der Waals surface area (Å²) in [6, 6.07) is 2.11. The van der Waals surface area contributed by atoms with Crippen molar-refractivity contribution >= 4 is 37.8 Å². The molecule has 1 saturated heterocycles. The Bertz CT molecular complexity index is 347. The van der Waals surface area contributed by atoms with E-state index in [1.165, 1.54) is 0 Å². The quantitative estimate of drug-likeness (QED) is 0.507. The number of carbonyl (C=O) groups excluding carboxylic acids is 1. The van der Waals surface area contributed by atoms with Gasteiger partial charge in [0, 0.05) is 10.9 Å². The second-order valence-electron chi connectivity index (χ2n) is 3.11. The van der Waals surface area contributed by atoms with Crippen LogP contribution >= 0.6 is 31.9 Å². The van der Waals surface area contributed by atoms with Crippen molar-refractivity contribution < 1.29 is 9.53 Å². The third-order valence-corrected chi connectivity index (χ3v) is 4.18. The molecule has 2 heterocycles. The number of esters is 1. The highest BCUT2D eigenvalue weighted by Gasteiger charge is 2.54. The van der Waals surface area contributed by atoms with E-state index in [1.807, 2.05) is 0 Å². The summed E-state index contributed by atoms with van der Waals surface area (Å²) in [5.41, 5.74) is 0. The standard InChI is InChI=1S/C8H5Br2NO2/c9-5-2-8(10)4(3-11)1-6(5)13-7(8)12/h2,4,6H,1H2/t4-,6+,8-/m1/s1. The van der Waals surface area contributed by atoms with Gasteiger partial charge in [-0.15, -0.1) is 0 Å². The van der Waals surface area contributed by atoms with E-state index in [0.717, 1.165) is 4.48 Å².